The van der Waals surface area contributed by atoms with E-state index in [-0.39, 0.29) is 6.04 Å². The first-order chi connectivity index (χ1) is 9.19. The Balaban J connectivity index is 1.91. The quantitative estimate of drug-likeness (QED) is 0.613. The van der Waals surface area contributed by atoms with Gasteiger partial charge in [-0.2, -0.15) is 0 Å². The normalized spacial score (nSPS) is 12.6. The van der Waals surface area contributed by atoms with Crippen molar-refractivity contribution in [1.29, 1.82) is 0 Å². The second-order valence-electron chi connectivity index (χ2n) is 5.05. The van der Waals surface area contributed by atoms with Crippen LogP contribution in [0.15, 0.2) is 36.7 Å². The van der Waals surface area contributed by atoms with E-state index < -0.39 is 0 Å². The second-order valence-corrected chi connectivity index (χ2v) is 5.05. The summed E-state index contributed by atoms with van der Waals surface area (Å²) < 4.78 is 2.04. The van der Waals surface area contributed by atoms with Crippen molar-refractivity contribution in [1.82, 2.24) is 15.0 Å². The Morgan fingerprint density at radius 2 is 2.26 bits per heavy atom. The maximum absolute atomic E-state index is 5.65. The molecule has 1 atom stereocenters. The lowest BCUT2D eigenvalue weighted by Crippen LogP contribution is -2.37. The average Bonchev–Trinajstić information content (AvgIpc) is 2.80. The molecule has 2 rings (SSSR count). The van der Waals surface area contributed by atoms with E-state index in [4.69, 9.17) is 5.84 Å². The second kappa shape index (κ2) is 6.50. The van der Waals surface area contributed by atoms with E-state index in [1.165, 1.54) is 11.1 Å². The highest BCUT2D eigenvalue weighted by atomic mass is 15.2. The largest absolute Gasteiger partial charge is 0.338 e. The highest BCUT2D eigenvalue weighted by Gasteiger charge is 2.11. The van der Waals surface area contributed by atoms with Gasteiger partial charge in [0, 0.05) is 31.9 Å². The Morgan fingerprint density at radius 3 is 2.89 bits per heavy atom. The van der Waals surface area contributed by atoms with Crippen LogP contribution in [-0.2, 0) is 19.9 Å². The third-order valence-corrected chi connectivity index (χ3v) is 3.45. The smallest absolute Gasteiger partial charge is 0.109 e. The van der Waals surface area contributed by atoms with Crippen molar-refractivity contribution < 1.29 is 0 Å². The van der Waals surface area contributed by atoms with Gasteiger partial charge in [-0.05, 0) is 25.3 Å². The fourth-order valence-corrected chi connectivity index (χ4v) is 2.27. The van der Waals surface area contributed by atoms with Gasteiger partial charge >= 0.3 is 0 Å². The molecule has 1 unspecified atom stereocenters. The zero-order chi connectivity index (χ0) is 13.7. The highest BCUT2D eigenvalue weighted by Crippen LogP contribution is 2.10. The Morgan fingerprint density at radius 1 is 1.42 bits per heavy atom. The predicted octanol–water partition coefficient (Wildman–Crippen LogP) is 1.74. The summed E-state index contributed by atoms with van der Waals surface area (Å²) in [6.07, 6.45) is 6.67. The standard InChI is InChI=1S/C15H22N4/c1-12-4-3-5-13(10-12)6-7-14(18-16)11-15-17-8-9-19(15)2/h3-5,8-10,14,18H,6-7,11,16H2,1-2H3. The summed E-state index contributed by atoms with van der Waals surface area (Å²) in [4.78, 5) is 4.34. The molecule has 1 aromatic heterocycles. The van der Waals surface area contributed by atoms with Crippen LogP contribution in [0.3, 0.4) is 0 Å². The van der Waals surface area contributed by atoms with Crippen molar-refractivity contribution in [3.63, 3.8) is 0 Å². The SMILES string of the molecule is Cc1cccc(CCC(Cc2nccn2C)NN)c1. The summed E-state index contributed by atoms with van der Waals surface area (Å²) in [5.74, 6) is 6.71. The Hall–Kier alpha value is -1.65. The number of hydrogen-bond acceptors (Lipinski definition) is 3. The van der Waals surface area contributed by atoms with Crippen LogP contribution in [0.5, 0.6) is 0 Å². The van der Waals surface area contributed by atoms with Gasteiger partial charge in [-0.25, -0.2) is 4.98 Å². The number of nitrogens with two attached hydrogens (primary N) is 1. The van der Waals surface area contributed by atoms with Crippen molar-refractivity contribution in [3.05, 3.63) is 53.6 Å². The van der Waals surface area contributed by atoms with Crippen LogP contribution in [0, 0.1) is 6.92 Å². The third kappa shape index (κ3) is 3.91. The summed E-state index contributed by atoms with van der Waals surface area (Å²) in [6, 6.07) is 8.88. The molecule has 0 saturated carbocycles. The van der Waals surface area contributed by atoms with Gasteiger partial charge in [-0.3, -0.25) is 11.3 Å². The summed E-state index contributed by atoms with van der Waals surface area (Å²) in [7, 11) is 2.01. The monoisotopic (exact) mass is 258 g/mol. The van der Waals surface area contributed by atoms with Crippen molar-refractivity contribution in [2.75, 3.05) is 0 Å². The molecule has 0 spiro atoms. The van der Waals surface area contributed by atoms with Crippen LogP contribution < -0.4 is 11.3 Å². The molecule has 19 heavy (non-hydrogen) atoms. The lowest BCUT2D eigenvalue weighted by Gasteiger charge is -2.15. The van der Waals surface area contributed by atoms with Crippen LogP contribution in [0.1, 0.15) is 23.4 Å². The zero-order valence-electron chi connectivity index (χ0n) is 11.6. The minimum Gasteiger partial charge on any atom is -0.338 e. The van der Waals surface area contributed by atoms with Crippen molar-refractivity contribution in [2.24, 2.45) is 12.9 Å². The highest BCUT2D eigenvalue weighted by molar-refractivity contribution is 5.22. The van der Waals surface area contributed by atoms with E-state index in [1.807, 2.05) is 24.0 Å². The van der Waals surface area contributed by atoms with Gasteiger partial charge in [-0.15, -0.1) is 0 Å². The zero-order valence-corrected chi connectivity index (χ0v) is 11.6. The van der Waals surface area contributed by atoms with Crippen LogP contribution >= 0.6 is 0 Å². The number of nitrogens with one attached hydrogen (secondary N) is 1. The molecule has 3 N–H and O–H groups in total. The van der Waals surface area contributed by atoms with Crippen molar-refractivity contribution in [2.45, 2.75) is 32.2 Å². The van der Waals surface area contributed by atoms with Crippen molar-refractivity contribution in [3.8, 4) is 0 Å². The van der Waals surface area contributed by atoms with Gasteiger partial charge in [0.05, 0.1) is 0 Å². The van der Waals surface area contributed by atoms with E-state index in [0.717, 1.165) is 25.1 Å². The maximum Gasteiger partial charge on any atom is 0.109 e. The first kappa shape index (κ1) is 13.8. The average molecular weight is 258 g/mol. The maximum atomic E-state index is 5.65. The van der Waals surface area contributed by atoms with Gasteiger partial charge in [0.15, 0.2) is 0 Å². The molecule has 1 aromatic carbocycles. The molecule has 0 aliphatic carbocycles. The van der Waals surface area contributed by atoms with Gasteiger partial charge in [0.25, 0.3) is 0 Å². The van der Waals surface area contributed by atoms with Crippen LogP contribution in [0.2, 0.25) is 0 Å². The Bertz CT molecular complexity index is 518. The summed E-state index contributed by atoms with van der Waals surface area (Å²) in [5.41, 5.74) is 5.56. The number of aryl methyl sites for hydroxylation is 3. The van der Waals surface area contributed by atoms with Crippen LogP contribution in [0.25, 0.3) is 0 Å². The topological polar surface area (TPSA) is 55.9 Å². The first-order valence-electron chi connectivity index (χ1n) is 6.67. The van der Waals surface area contributed by atoms with E-state index in [9.17, 15) is 0 Å². The minimum atomic E-state index is 0.251. The van der Waals surface area contributed by atoms with Crippen LogP contribution in [0.4, 0.5) is 0 Å². The molecule has 4 nitrogen and oxygen atoms in total. The fraction of sp³-hybridized carbons (Fsp3) is 0.400. The molecule has 102 valence electrons. The Labute approximate surface area is 114 Å². The summed E-state index contributed by atoms with van der Waals surface area (Å²) in [5, 5.41) is 0. The van der Waals surface area contributed by atoms with Gasteiger partial charge in [-0.1, -0.05) is 29.8 Å². The minimum absolute atomic E-state index is 0.251. The summed E-state index contributed by atoms with van der Waals surface area (Å²) in [6.45, 7) is 2.12. The number of hydrazine groups is 1. The number of hydrogen-bond donors (Lipinski definition) is 2. The number of rotatable bonds is 6. The molecular formula is C15H22N4. The lowest BCUT2D eigenvalue weighted by molar-refractivity contribution is 0.476. The van der Waals surface area contributed by atoms with E-state index in [1.54, 1.807) is 0 Å². The molecule has 0 fully saturated rings. The van der Waals surface area contributed by atoms with E-state index in [0.29, 0.717) is 0 Å². The molecule has 0 radical (unpaired) electrons. The molecule has 0 aliphatic heterocycles. The molecule has 0 amide bonds. The molecular weight excluding hydrogens is 236 g/mol. The number of imidazole rings is 1. The van der Waals surface area contributed by atoms with Crippen molar-refractivity contribution >= 4 is 0 Å². The molecule has 2 aromatic rings. The van der Waals surface area contributed by atoms with Gasteiger partial charge in [0.2, 0.25) is 0 Å². The molecule has 0 bridgehead atoms. The molecule has 4 heteroatoms. The van der Waals surface area contributed by atoms with Gasteiger partial charge in [0.1, 0.15) is 5.82 Å². The van der Waals surface area contributed by atoms with Crippen LogP contribution in [-0.4, -0.2) is 15.6 Å². The molecule has 0 aliphatic rings. The van der Waals surface area contributed by atoms with E-state index in [2.05, 4.69) is 41.6 Å². The van der Waals surface area contributed by atoms with E-state index >= 15 is 0 Å². The number of aromatic nitrogens is 2. The summed E-state index contributed by atoms with van der Waals surface area (Å²) >= 11 is 0. The lowest BCUT2D eigenvalue weighted by atomic mass is 10.0. The molecule has 1 heterocycles. The number of nitrogens with zero attached hydrogens (tertiary/aromatic N) is 2. The van der Waals surface area contributed by atoms with Gasteiger partial charge < -0.3 is 4.57 Å². The number of benzene rings is 1. The predicted molar refractivity (Wildman–Crippen MR) is 77.5 cm³/mol. The first-order valence-corrected chi connectivity index (χ1v) is 6.67. The molecule has 0 saturated heterocycles. The fourth-order valence-electron chi connectivity index (χ4n) is 2.27. The Kier molecular flexibility index (Phi) is 4.71. The third-order valence-electron chi connectivity index (χ3n) is 3.45.